The summed E-state index contributed by atoms with van der Waals surface area (Å²) >= 11 is 0. The molecule has 0 amide bonds. The van der Waals surface area contributed by atoms with Crippen LogP contribution in [-0.2, 0) is 0 Å². The highest BCUT2D eigenvalue weighted by molar-refractivity contribution is 5.28. The maximum Gasteiger partial charge on any atom is -0.00211 e. The minimum absolute atomic E-state index is 0.597. The summed E-state index contributed by atoms with van der Waals surface area (Å²) in [6.07, 6.45) is 14.0. The number of rotatable bonds is 1. The van der Waals surface area contributed by atoms with Gasteiger partial charge in [-0.1, -0.05) is 31.2 Å². The van der Waals surface area contributed by atoms with Gasteiger partial charge in [0.15, 0.2) is 0 Å². The van der Waals surface area contributed by atoms with Gasteiger partial charge in [-0.05, 0) is 42.4 Å². The molecule has 4 unspecified atom stereocenters. The molecule has 3 aliphatic carbocycles. The number of hydrogen-bond acceptors (Lipinski definition) is 0. The summed E-state index contributed by atoms with van der Waals surface area (Å²) in [6.45, 7) is 2.36. The van der Waals surface area contributed by atoms with Crippen molar-refractivity contribution in [1.82, 2.24) is 0 Å². The lowest BCUT2D eigenvalue weighted by Gasteiger charge is -2.35. The molecule has 3 aliphatic rings. The maximum absolute atomic E-state index is 2.52. The van der Waals surface area contributed by atoms with E-state index < -0.39 is 0 Å². The maximum atomic E-state index is 2.52. The van der Waals surface area contributed by atoms with E-state index in [1.54, 1.807) is 0 Å². The van der Waals surface area contributed by atoms with E-state index in [4.69, 9.17) is 0 Å². The van der Waals surface area contributed by atoms with Crippen molar-refractivity contribution >= 4 is 0 Å². The van der Waals surface area contributed by atoms with Gasteiger partial charge >= 0.3 is 0 Å². The molecule has 2 bridgehead atoms. The molecule has 0 heterocycles. The molecular weight excluding hydrogens is 144 g/mol. The molecule has 12 heavy (non-hydrogen) atoms. The zero-order valence-corrected chi connectivity index (χ0v) is 7.66. The Morgan fingerprint density at radius 2 is 2.33 bits per heavy atom. The van der Waals surface area contributed by atoms with E-state index in [0.717, 1.165) is 17.8 Å². The molecule has 0 aromatic rings. The molecule has 0 N–H and O–H groups in total. The fourth-order valence-corrected chi connectivity index (χ4v) is 3.82. The SMILES string of the molecule is CCC12C=CCC1C1C=CC2C1. The van der Waals surface area contributed by atoms with Crippen molar-refractivity contribution in [2.45, 2.75) is 26.2 Å². The van der Waals surface area contributed by atoms with Crippen LogP contribution in [0.4, 0.5) is 0 Å². The van der Waals surface area contributed by atoms with Crippen LogP contribution >= 0.6 is 0 Å². The van der Waals surface area contributed by atoms with Gasteiger partial charge in [-0.25, -0.2) is 0 Å². The van der Waals surface area contributed by atoms with Gasteiger partial charge < -0.3 is 0 Å². The molecule has 1 fully saturated rings. The van der Waals surface area contributed by atoms with Crippen LogP contribution < -0.4 is 0 Å². The lowest BCUT2D eigenvalue weighted by molar-refractivity contribution is 0.218. The van der Waals surface area contributed by atoms with Crippen LogP contribution in [0.1, 0.15) is 26.2 Å². The largest absolute Gasteiger partial charge is 0.0876 e. The van der Waals surface area contributed by atoms with Crippen LogP contribution in [0.5, 0.6) is 0 Å². The van der Waals surface area contributed by atoms with Gasteiger partial charge in [0.25, 0.3) is 0 Å². The van der Waals surface area contributed by atoms with Crippen molar-refractivity contribution in [3.8, 4) is 0 Å². The zero-order valence-electron chi connectivity index (χ0n) is 7.66. The molecule has 1 saturated carbocycles. The topological polar surface area (TPSA) is 0 Å². The lowest BCUT2D eigenvalue weighted by Crippen LogP contribution is -2.28. The van der Waals surface area contributed by atoms with Gasteiger partial charge in [-0.2, -0.15) is 0 Å². The Kier molecular flexibility index (Phi) is 1.18. The van der Waals surface area contributed by atoms with E-state index in [0.29, 0.717) is 5.41 Å². The fourth-order valence-electron chi connectivity index (χ4n) is 3.82. The Labute approximate surface area is 74.4 Å². The van der Waals surface area contributed by atoms with Gasteiger partial charge in [0.2, 0.25) is 0 Å². The molecular formula is C12H16. The number of hydrogen-bond donors (Lipinski definition) is 0. The van der Waals surface area contributed by atoms with Crippen LogP contribution in [-0.4, -0.2) is 0 Å². The minimum atomic E-state index is 0.597. The molecule has 0 nitrogen and oxygen atoms in total. The third-order valence-corrected chi connectivity index (χ3v) is 4.44. The quantitative estimate of drug-likeness (QED) is 0.517. The second-order valence-corrected chi connectivity index (χ2v) is 4.60. The third kappa shape index (κ3) is 0.573. The van der Waals surface area contributed by atoms with E-state index in [9.17, 15) is 0 Å². The van der Waals surface area contributed by atoms with Crippen LogP contribution in [0.25, 0.3) is 0 Å². The van der Waals surface area contributed by atoms with Gasteiger partial charge in [0.1, 0.15) is 0 Å². The first-order valence-corrected chi connectivity index (χ1v) is 5.23. The molecule has 0 heteroatoms. The van der Waals surface area contributed by atoms with Crippen molar-refractivity contribution in [2.75, 3.05) is 0 Å². The molecule has 0 spiro atoms. The summed E-state index contributed by atoms with van der Waals surface area (Å²) in [6, 6.07) is 0. The Morgan fingerprint density at radius 1 is 1.42 bits per heavy atom. The molecule has 0 aromatic carbocycles. The predicted molar refractivity (Wildman–Crippen MR) is 50.7 cm³/mol. The van der Waals surface area contributed by atoms with Gasteiger partial charge in [0, 0.05) is 0 Å². The van der Waals surface area contributed by atoms with Crippen LogP contribution in [0.2, 0.25) is 0 Å². The molecule has 4 atom stereocenters. The van der Waals surface area contributed by atoms with Crippen LogP contribution in [0.15, 0.2) is 24.3 Å². The highest BCUT2D eigenvalue weighted by Gasteiger charge is 2.54. The van der Waals surface area contributed by atoms with Gasteiger partial charge in [0.05, 0.1) is 0 Å². The lowest BCUT2D eigenvalue weighted by atomic mass is 9.69. The summed E-state index contributed by atoms with van der Waals surface area (Å²) in [5, 5.41) is 0. The smallest absolute Gasteiger partial charge is 0.00211 e. The first-order valence-electron chi connectivity index (χ1n) is 5.23. The van der Waals surface area contributed by atoms with E-state index in [2.05, 4.69) is 31.2 Å². The molecule has 64 valence electrons. The third-order valence-electron chi connectivity index (χ3n) is 4.44. The monoisotopic (exact) mass is 160 g/mol. The van der Waals surface area contributed by atoms with Crippen LogP contribution in [0, 0.1) is 23.2 Å². The first-order chi connectivity index (χ1) is 5.87. The minimum Gasteiger partial charge on any atom is -0.0876 e. The summed E-state index contributed by atoms with van der Waals surface area (Å²) in [5.41, 5.74) is 0.597. The van der Waals surface area contributed by atoms with Crippen molar-refractivity contribution in [2.24, 2.45) is 23.2 Å². The Balaban J connectivity index is 2.08. The average molecular weight is 160 g/mol. The molecule has 3 rings (SSSR count). The Hall–Kier alpha value is -0.520. The second kappa shape index (κ2) is 2.04. The van der Waals surface area contributed by atoms with Crippen molar-refractivity contribution in [1.29, 1.82) is 0 Å². The molecule has 0 aromatic heterocycles. The summed E-state index contributed by atoms with van der Waals surface area (Å²) in [5.74, 6) is 2.78. The van der Waals surface area contributed by atoms with Crippen molar-refractivity contribution in [3.63, 3.8) is 0 Å². The first kappa shape index (κ1) is 6.94. The van der Waals surface area contributed by atoms with E-state index in [1.807, 2.05) is 0 Å². The zero-order chi connectivity index (χ0) is 8.18. The van der Waals surface area contributed by atoms with Gasteiger partial charge in [-0.15, -0.1) is 0 Å². The van der Waals surface area contributed by atoms with E-state index >= 15 is 0 Å². The fraction of sp³-hybridized carbons (Fsp3) is 0.667. The molecule has 0 aliphatic heterocycles. The molecule has 0 radical (unpaired) electrons. The standard InChI is InChI=1S/C12H16/c1-2-12-7-3-4-11(12)9-5-6-10(12)8-9/h3,5-7,9-11H,2,4,8H2,1H3. The Morgan fingerprint density at radius 3 is 3.08 bits per heavy atom. The average Bonchev–Trinajstić information content (AvgIpc) is 2.76. The summed E-state index contributed by atoms with van der Waals surface area (Å²) in [7, 11) is 0. The highest BCUT2D eigenvalue weighted by atomic mass is 14.6. The number of allylic oxidation sites excluding steroid dienone is 4. The molecule has 0 saturated heterocycles. The highest BCUT2D eigenvalue weighted by Crippen LogP contribution is 2.62. The number of fused-ring (bicyclic) bond motifs is 5. The Bertz CT molecular complexity index is 261. The van der Waals surface area contributed by atoms with Gasteiger partial charge in [-0.3, -0.25) is 0 Å². The van der Waals surface area contributed by atoms with E-state index in [1.165, 1.54) is 19.3 Å². The van der Waals surface area contributed by atoms with Crippen molar-refractivity contribution < 1.29 is 0 Å². The summed E-state index contributed by atoms with van der Waals surface area (Å²) < 4.78 is 0. The second-order valence-electron chi connectivity index (χ2n) is 4.60. The normalized spacial score (nSPS) is 53.6. The summed E-state index contributed by atoms with van der Waals surface area (Å²) in [4.78, 5) is 0. The van der Waals surface area contributed by atoms with E-state index in [-0.39, 0.29) is 0 Å². The van der Waals surface area contributed by atoms with Crippen molar-refractivity contribution in [3.05, 3.63) is 24.3 Å². The predicted octanol–water partition coefficient (Wildman–Crippen LogP) is 3.16. The van der Waals surface area contributed by atoms with Crippen LogP contribution in [0.3, 0.4) is 0 Å².